The second-order valence-corrected chi connectivity index (χ2v) is 24.2. The fourth-order valence-electron chi connectivity index (χ4n) is 12.8. The van der Waals surface area contributed by atoms with Gasteiger partial charge < -0.3 is 64.5 Å². The molecule has 0 amide bonds. The van der Waals surface area contributed by atoms with Gasteiger partial charge in [-0.05, 0) is 151 Å². The number of ketones is 1. The predicted molar refractivity (Wildman–Crippen MR) is 409 cm³/mol. The number of methoxy groups -OCH3 is 2. The van der Waals surface area contributed by atoms with Crippen molar-refractivity contribution < 1.29 is 78.8 Å². The van der Waals surface area contributed by atoms with E-state index >= 15 is 0 Å². The van der Waals surface area contributed by atoms with Gasteiger partial charge in [-0.3, -0.25) is 14.4 Å². The fourth-order valence-corrected chi connectivity index (χ4v) is 12.8. The van der Waals surface area contributed by atoms with Crippen molar-refractivity contribution in [3.63, 3.8) is 0 Å². The van der Waals surface area contributed by atoms with Crippen LogP contribution in [-0.2, 0) is 22.4 Å². The summed E-state index contributed by atoms with van der Waals surface area (Å²) in [4.78, 5) is 80.4. The molecule has 0 atom stereocenters. The summed E-state index contributed by atoms with van der Waals surface area (Å²) in [7, 11) is 1.46. The second kappa shape index (κ2) is 37.1. The molecule has 19 nitrogen and oxygen atoms in total. The standard InChI is InChI=1S/C25H24N2O2.C17H15NO2.C16H13NO2.C11H11NO2.C8H12N2O.C6H7BO2.Na.H2O/c1-16-15-17(2)26-25(29)20(16)13-14-23(28)24-18(3)27(19-9-5-4-6-10-19)22-12-8-7-11-21(22)24;1-12-16(17(19)20-2)14-10-6-7-11-15(14)18(12)13-8-4-3-5-9-13;1-11-15(16(18)19)13-9-5-6-10-14(13)17(11)12-7-3-2-4-8-12;1-7-10(11(13)14-2)8-5-3-4-6-9(8)12-7;1-5-3-6(2)10-8(11)7(5)4-9;8-7(9)6-4-2-1-3-5-6;;/h4-12,15H,13-14H2,1-3H3,(H,26,29);3-11H,1-2H3;2-10H,1H3,(H,18,19);3-6,12H,1-2H3;3H,4,9H2,1-2H3,(H,10,11);1-5,8-9H;;1H2/q;;;;;;+1;/p-1. The molecule has 21 heteroatoms. The molecular weight excluding hydrogens is 1320 g/mol. The monoisotopic (exact) mass is 1400 g/mol. The van der Waals surface area contributed by atoms with Crippen molar-refractivity contribution in [3.8, 4) is 17.1 Å². The van der Waals surface area contributed by atoms with Gasteiger partial charge in [0.15, 0.2) is 5.78 Å². The number of hydrogen-bond acceptors (Lipinski definition) is 12. The number of esters is 2. The molecule has 0 radical (unpaired) electrons. The molecule has 0 aliphatic rings. The number of carboxylic acid groups (broad SMARTS) is 1. The number of nitrogens with one attached hydrogen (secondary N) is 3. The Labute approximate surface area is 625 Å². The third-order valence-corrected chi connectivity index (χ3v) is 17.4. The smallest absolute Gasteiger partial charge is 0.870 e. The average Bonchev–Trinajstić information content (AvgIpc) is 2.52. The Bertz CT molecular complexity index is 5410. The number of fused-ring (bicyclic) bond motifs is 4. The zero-order chi connectivity index (χ0) is 73.3. The van der Waals surface area contributed by atoms with Gasteiger partial charge in [-0.2, -0.15) is 0 Å². The number of para-hydroxylation sites is 7. The van der Waals surface area contributed by atoms with E-state index in [1.54, 1.807) is 24.3 Å². The van der Waals surface area contributed by atoms with Crippen molar-refractivity contribution in [2.75, 3.05) is 14.2 Å². The van der Waals surface area contributed by atoms with Crippen LogP contribution in [0.5, 0.6) is 0 Å². The largest absolute Gasteiger partial charge is 1.00 e. The maximum atomic E-state index is 13.3. The number of ether oxygens (including phenoxy) is 2. The minimum Gasteiger partial charge on any atom is -0.870 e. The number of hydrogen-bond donors (Lipinski definition) is 7. The number of nitrogens with zero attached hydrogens (tertiary/aromatic N) is 3. The summed E-state index contributed by atoms with van der Waals surface area (Å²) in [6, 6.07) is 73.5. The van der Waals surface area contributed by atoms with Crippen LogP contribution in [-0.4, -0.2) is 94.3 Å². The summed E-state index contributed by atoms with van der Waals surface area (Å²) >= 11 is 0. The zero-order valence-corrected chi connectivity index (χ0v) is 62.1. The molecule has 6 heterocycles. The van der Waals surface area contributed by atoms with Crippen LogP contribution in [0.1, 0.15) is 104 Å². The molecule has 8 aromatic carbocycles. The molecule has 14 aromatic rings. The molecule has 6 aromatic heterocycles. The number of aromatic carboxylic acids is 1. The van der Waals surface area contributed by atoms with Crippen molar-refractivity contribution in [1.82, 2.24) is 28.7 Å². The molecule has 526 valence electrons. The quantitative estimate of drug-likeness (QED) is 0.0340. The van der Waals surface area contributed by atoms with E-state index in [4.69, 9.17) is 25.3 Å². The van der Waals surface area contributed by atoms with Crippen LogP contribution >= 0.6 is 0 Å². The minimum absolute atomic E-state index is 0. The molecule has 0 saturated carbocycles. The summed E-state index contributed by atoms with van der Waals surface area (Å²) in [6.45, 7) is 15.5. The normalized spacial score (nSPS) is 10.4. The first kappa shape index (κ1) is 80.1. The van der Waals surface area contributed by atoms with E-state index in [1.165, 1.54) is 14.2 Å². The Morgan fingerprint density at radius 1 is 0.442 bits per heavy atom. The number of Topliss-reactive ketones (excluding diaryl/α,β-unsaturated/α-hetero) is 1. The number of carbonyl (C=O) groups excluding carboxylic acids is 3. The number of benzene rings is 8. The number of rotatable bonds is 12. The molecule has 0 saturated heterocycles. The number of carbonyl (C=O) groups is 4. The molecule has 0 bridgehead atoms. The molecule has 0 aliphatic heterocycles. The van der Waals surface area contributed by atoms with Crippen LogP contribution in [0.15, 0.2) is 240 Å². The van der Waals surface area contributed by atoms with Gasteiger partial charge in [-0.15, -0.1) is 0 Å². The Balaban J connectivity index is 0.000000181. The number of aromatic nitrogens is 6. The molecule has 104 heavy (non-hydrogen) atoms. The number of aromatic amines is 3. The number of aryl methyl sites for hydroxylation is 5. The summed E-state index contributed by atoms with van der Waals surface area (Å²) in [6.07, 6.45) is 0.737. The molecule has 0 unspecified atom stereocenters. The predicted octanol–water partition coefficient (Wildman–Crippen LogP) is 11.3. The van der Waals surface area contributed by atoms with Gasteiger partial charge in [0.2, 0.25) is 0 Å². The van der Waals surface area contributed by atoms with Gasteiger partial charge in [0.25, 0.3) is 11.1 Å². The van der Waals surface area contributed by atoms with Gasteiger partial charge in [0.1, 0.15) is 0 Å². The van der Waals surface area contributed by atoms with E-state index in [2.05, 4.69) is 24.1 Å². The van der Waals surface area contributed by atoms with Crippen LogP contribution in [0.4, 0.5) is 0 Å². The fraction of sp³-hybridized carbons (Fsp3) is 0.157. The van der Waals surface area contributed by atoms with E-state index in [-0.39, 0.29) is 63.9 Å². The summed E-state index contributed by atoms with van der Waals surface area (Å²) in [5.41, 5.74) is 23.5. The van der Waals surface area contributed by atoms with Crippen molar-refractivity contribution in [3.05, 3.63) is 330 Å². The number of H-pyrrole nitrogens is 3. The van der Waals surface area contributed by atoms with Crippen molar-refractivity contribution in [2.24, 2.45) is 5.73 Å². The maximum absolute atomic E-state index is 13.3. The van der Waals surface area contributed by atoms with Crippen LogP contribution in [0.2, 0.25) is 0 Å². The maximum Gasteiger partial charge on any atom is 1.00 e. The Morgan fingerprint density at radius 3 is 1.18 bits per heavy atom. The van der Waals surface area contributed by atoms with E-state index in [0.29, 0.717) is 52.7 Å². The summed E-state index contributed by atoms with van der Waals surface area (Å²) < 4.78 is 15.8. The Morgan fingerprint density at radius 2 is 0.788 bits per heavy atom. The van der Waals surface area contributed by atoms with Crippen LogP contribution < -0.4 is 51.9 Å². The third kappa shape index (κ3) is 18.3. The van der Waals surface area contributed by atoms with Crippen LogP contribution in [0, 0.1) is 55.4 Å². The van der Waals surface area contributed by atoms with Gasteiger partial charge in [0, 0.05) is 108 Å². The number of nitrogens with two attached hydrogens (primary N) is 1. The van der Waals surface area contributed by atoms with Gasteiger partial charge >= 0.3 is 54.6 Å². The van der Waals surface area contributed by atoms with Gasteiger partial charge in [-0.1, -0.05) is 158 Å². The Kier molecular flexibility index (Phi) is 28.6. The van der Waals surface area contributed by atoms with E-state index in [1.807, 2.05) is 266 Å². The zero-order valence-electron chi connectivity index (χ0n) is 60.1. The minimum atomic E-state index is -1.34. The van der Waals surface area contributed by atoms with Crippen molar-refractivity contribution in [2.45, 2.75) is 74.8 Å². The van der Waals surface area contributed by atoms with Gasteiger partial charge in [0.05, 0.1) is 47.5 Å². The van der Waals surface area contributed by atoms with E-state index in [9.17, 15) is 33.9 Å². The first-order valence-corrected chi connectivity index (χ1v) is 33.1. The summed E-state index contributed by atoms with van der Waals surface area (Å²) in [5, 5.41) is 30.1. The van der Waals surface area contributed by atoms with Crippen molar-refractivity contribution in [1.29, 1.82) is 0 Å². The topological polar surface area (TPSA) is 300 Å². The molecule has 14 rings (SSSR count). The molecule has 0 fully saturated rings. The van der Waals surface area contributed by atoms with Gasteiger partial charge in [-0.25, -0.2) is 14.4 Å². The van der Waals surface area contributed by atoms with E-state index < -0.39 is 13.1 Å². The third-order valence-electron chi connectivity index (χ3n) is 17.4. The molecule has 0 spiro atoms. The second-order valence-electron chi connectivity index (χ2n) is 24.2. The number of pyridine rings is 2. The van der Waals surface area contributed by atoms with Crippen molar-refractivity contribution >= 4 is 79.9 Å². The van der Waals surface area contributed by atoms with Crippen LogP contribution in [0.3, 0.4) is 0 Å². The molecular formula is C83H83BN7NaO12. The average molecular weight is 1400 g/mol. The SMILES string of the molecule is COC(=O)c1c(C)[nH]c2ccccc12.COC(=O)c1c(C)n(-c2ccccc2)c2ccccc12.Cc1c(C(=O)O)c2ccccc2n1-c1ccccc1.Cc1cc(C)c(CCC(=O)c2c(C)n(-c3ccccc3)c3ccccc23)c(=O)[nH]1.Cc1cc(C)c(CN)c(=O)[nH]1.OB(O)c1ccccc1.[Na+].[OH-]. The summed E-state index contributed by atoms with van der Waals surface area (Å²) in [5.74, 6) is -1.41. The van der Waals surface area contributed by atoms with Crippen LogP contribution in [0.25, 0.3) is 60.7 Å². The first-order chi connectivity index (χ1) is 49.1. The Hall–Kier alpha value is -11.2. The molecule has 9 N–H and O–H groups in total. The number of carboxylic acids is 1. The molecule has 0 aliphatic carbocycles. The first-order valence-electron chi connectivity index (χ1n) is 33.1. The van der Waals surface area contributed by atoms with E-state index in [0.717, 1.165) is 112 Å².